The number of hydrogen-bond acceptors (Lipinski definition) is 6. The van der Waals surface area contributed by atoms with Crippen molar-refractivity contribution in [1.29, 1.82) is 0 Å². The van der Waals surface area contributed by atoms with Gasteiger partial charge < -0.3 is 36.7 Å². The summed E-state index contributed by atoms with van der Waals surface area (Å²) in [5, 5.41) is 20.5. The van der Waals surface area contributed by atoms with Gasteiger partial charge in [-0.15, -0.1) is 0 Å². The number of hydrogen-bond donors (Lipinski definition) is 6. The summed E-state index contributed by atoms with van der Waals surface area (Å²) in [6, 6.07) is 18.2. The van der Waals surface area contributed by atoms with Crippen molar-refractivity contribution in [3.8, 4) is 0 Å². The smallest absolute Gasteiger partial charge is 0.475 e. The maximum atomic E-state index is 14.1. The number of nitrogens with zero attached hydrogens (tertiary/aromatic N) is 1. The standard InChI is InChI=1S/C37H48N6O4.C2HF3O2/c1-43-31-16-8-5-13-25(31)23-32(43)35(46)42-37(19-9-10-20-37)36(47)41-30(21-24-11-3-2-4-12-24)34(45)39-27-18-17-26(22-27)33(44)40-29-15-7-6-14-28(29)38;3-2(4,5)1(6)7/h2-5,8,11-13,16,23,26-30H,6-7,9-10,14-15,17-22,38H2,1H3,(H,39,45)(H,40,44)(H,41,47)(H,42,46);(H,6,7)/t26-,27+,28+,29+,30-;/m1./s1. The Balaban J connectivity index is 0.000000730. The highest BCUT2D eigenvalue weighted by Gasteiger charge is 2.45. The molecule has 6 rings (SSSR count). The van der Waals surface area contributed by atoms with Gasteiger partial charge in [0.05, 0.1) is 0 Å². The van der Waals surface area contributed by atoms with E-state index >= 15 is 0 Å². The van der Waals surface area contributed by atoms with Crippen molar-refractivity contribution < 1.29 is 42.3 Å². The van der Waals surface area contributed by atoms with Crippen molar-refractivity contribution in [3.05, 3.63) is 71.9 Å². The van der Waals surface area contributed by atoms with Crippen molar-refractivity contribution in [2.24, 2.45) is 18.7 Å². The highest BCUT2D eigenvalue weighted by molar-refractivity contribution is 6.02. The molecule has 15 heteroatoms. The number of carboxylic acid groups (broad SMARTS) is 1. The molecule has 3 saturated carbocycles. The minimum absolute atomic E-state index is 0.00741. The summed E-state index contributed by atoms with van der Waals surface area (Å²) in [6.07, 6.45) is 3.77. The van der Waals surface area contributed by atoms with E-state index in [2.05, 4.69) is 21.3 Å². The largest absolute Gasteiger partial charge is 0.490 e. The molecule has 2 aromatic carbocycles. The first-order valence-corrected chi connectivity index (χ1v) is 18.5. The third-order valence-electron chi connectivity index (χ3n) is 10.9. The second kappa shape index (κ2) is 17.5. The van der Waals surface area contributed by atoms with E-state index in [1.165, 1.54) is 0 Å². The zero-order chi connectivity index (χ0) is 39.0. The normalized spacial score (nSPS) is 22.7. The molecule has 0 unspecified atom stereocenters. The first-order valence-electron chi connectivity index (χ1n) is 18.5. The summed E-state index contributed by atoms with van der Waals surface area (Å²) in [5.74, 6) is -3.85. The molecule has 292 valence electrons. The number of aryl methyl sites for hydroxylation is 1. The monoisotopic (exact) mass is 754 g/mol. The van der Waals surface area contributed by atoms with Crippen LogP contribution in [-0.4, -0.2) is 75.2 Å². The van der Waals surface area contributed by atoms with E-state index in [1.54, 1.807) is 0 Å². The quantitative estimate of drug-likeness (QED) is 0.179. The number of amides is 4. The number of fused-ring (bicyclic) bond motifs is 1. The average molecular weight is 755 g/mol. The van der Waals surface area contributed by atoms with Crippen LogP contribution in [0.2, 0.25) is 0 Å². The molecule has 0 saturated heterocycles. The Labute approximate surface area is 311 Å². The number of aliphatic carboxylic acids is 1. The van der Waals surface area contributed by atoms with Gasteiger partial charge in [0.25, 0.3) is 5.91 Å². The first-order chi connectivity index (χ1) is 25.7. The maximum Gasteiger partial charge on any atom is 0.490 e. The maximum absolute atomic E-state index is 14.1. The van der Waals surface area contributed by atoms with Crippen molar-refractivity contribution >= 4 is 40.5 Å². The van der Waals surface area contributed by atoms with Gasteiger partial charge in [-0.1, -0.05) is 74.2 Å². The second-order valence-corrected chi connectivity index (χ2v) is 14.7. The van der Waals surface area contributed by atoms with Crippen LogP contribution in [0.3, 0.4) is 0 Å². The first kappa shape index (κ1) is 40.3. The van der Waals surface area contributed by atoms with E-state index in [0.717, 1.165) is 55.0 Å². The van der Waals surface area contributed by atoms with Crippen molar-refractivity contribution in [2.75, 3.05) is 0 Å². The molecule has 0 aliphatic heterocycles. The van der Waals surface area contributed by atoms with Crippen LogP contribution in [0.1, 0.15) is 86.7 Å². The summed E-state index contributed by atoms with van der Waals surface area (Å²) < 4.78 is 33.6. The lowest BCUT2D eigenvalue weighted by molar-refractivity contribution is -0.192. The third-order valence-corrected chi connectivity index (χ3v) is 10.9. The van der Waals surface area contributed by atoms with Crippen molar-refractivity contribution in [3.63, 3.8) is 0 Å². The number of aromatic nitrogens is 1. The molecule has 7 N–H and O–H groups in total. The number of nitrogens with one attached hydrogen (secondary N) is 4. The molecule has 5 atom stereocenters. The molecule has 0 spiro atoms. The summed E-state index contributed by atoms with van der Waals surface area (Å²) >= 11 is 0. The van der Waals surface area contributed by atoms with Crippen LogP contribution in [0.25, 0.3) is 10.9 Å². The molecule has 3 aromatic rings. The average Bonchev–Trinajstić information content (AvgIpc) is 3.89. The Morgan fingerprint density at radius 2 is 1.56 bits per heavy atom. The number of nitrogens with two attached hydrogens (primary N) is 1. The minimum atomic E-state index is -5.08. The Morgan fingerprint density at radius 3 is 2.20 bits per heavy atom. The molecule has 12 nitrogen and oxygen atoms in total. The highest BCUT2D eigenvalue weighted by Crippen LogP contribution is 2.32. The predicted molar refractivity (Wildman–Crippen MR) is 195 cm³/mol. The third kappa shape index (κ3) is 9.98. The lowest BCUT2D eigenvalue weighted by Gasteiger charge is -2.31. The van der Waals surface area contributed by atoms with E-state index in [0.29, 0.717) is 44.2 Å². The zero-order valence-corrected chi connectivity index (χ0v) is 30.3. The molecule has 1 aromatic heterocycles. The molecular formula is C39H49F3N6O6. The van der Waals surface area contributed by atoms with Crippen molar-refractivity contribution in [2.45, 2.75) is 113 Å². The van der Waals surface area contributed by atoms with Crippen LogP contribution in [0.5, 0.6) is 0 Å². The van der Waals surface area contributed by atoms with Gasteiger partial charge in [-0.05, 0) is 62.6 Å². The van der Waals surface area contributed by atoms with Crippen LogP contribution < -0.4 is 27.0 Å². The van der Waals surface area contributed by atoms with Gasteiger partial charge in [-0.2, -0.15) is 13.2 Å². The molecule has 3 aliphatic carbocycles. The minimum Gasteiger partial charge on any atom is -0.475 e. The zero-order valence-electron chi connectivity index (χ0n) is 30.3. The molecule has 0 bridgehead atoms. The van der Waals surface area contributed by atoms with Gasteiger partial charge in [-0.25, -0.2) is 4.79 Å². The molecule has 4 amide bonds. The number of para-hydroxylation sites is 1. The predicted octanol–water partition coefficient (Wildman–Crippen LogP) is 4.25. The van der Waals surface area contributed by atoms with Gasteiger partial charge in [0, 0.05) is 48.4 Å². The second-order valence-electron chi connectivity index (χ2n) is 14.7. The van der Waals surface area contributed by atoms with E-state index in [9.17, 15) is 32.3 Å². The van der Waals surface area contributed by atoms with Crippen LogP contribution in [-0.2, 0) is 32.6 Å². The Morgan fingerprint density at radius 1 is 0.907 bits per heavy atom. The fourth-order valence-electron chi connectivity index (χ4n) is 7.82. The molecule has 3 aliphatic rings. The molecule has 54 heavy (non-hydrogen) atoms. The van der Waals surface area contributed by atoms with E-state index in [-0.39, 0.29) is 47.7 Å². The van der Waals surface area contributed by atoms with Crippen LogP contribution in [0.4, 0.5) is 13.2 Å². The number of carboxylic acids is 1. The Hall–Kier alpha value is -4.92. The fraction of sp³-hybridized carbons (Fsp3) is 0.513. The van der Waals surface area contributed by atoms with Crippen LogP contribution in [0.15, 0.2) is 60.7 Å². The van der Waals surface area contributed by atoms with Crippen LogP contribution in [0, 0.1) is 5.92 Å². The van der Waals surface area contributed by atoms with Crippen molar-refractivity contribution in [1.82, 2.24) is 25.8 Å². The number of benzene rings is 2. The molecule has 1 heterocycles. The number of carbonyl (C=O) groups excluding carboxylic acids is 4. The molecule has 0 radical (unpaired) electrons. The number of halogens is 3. The van der Waals surface area contributed by atoms with Gasteiger partial charge >= 0.3 is 12.1 Å². The van der Waals surface area contributed by atoms with Gasteiger partial charge in [0.2, 0.25) is 17.7 Å². The summed E-state index contributed by atoms with van der Waals surface area (Å²) in [7, 11) is 1.85. The topological polar surface area (TPSA) is 185 Å². The number of carbonyl (C=O) groups is 5. The summed E-state index contributed by atoms with van der Waals surface area (Å²) in [6.45, 7) is 0. The van der Waals surface area contributed by atoms with Gasteiger partial charge in [0.15, 0.2) is 0 Å². The van der Waals surface area contributed by atoms with E-state index in [1.807, 2.05) is 72.3 Å². The molecule has 3 fully saturated rings. The van der Waals surface area contributed by atoms with E-state index in [4.69, 9.17) is 15.6 Å². The Kier molecular flexibility index (Phi) is 13.0. The SMILES string of the molecule is Cn1c(C(=O)NC2(C(=O)N[C@H](Cc3ccccc3)C(=O)N[C@H]3CC[C@@H](C(=O)N[C@H]4CCCC[C@@H]4N)C3)CCCC2)cc2ccccc21.O=C(O)C(F)(F)F. The van der Waals surface area contributed by atoms with Gasteiger partial charge in [-0.3, -0.25) is 19.2 Å². The molecular weight excluding hydrogens is 705 g/mol. The van der Waals surface area contributed by atoms with E-state index < -0.39 is 23.7 Å². The lowest BCUT2D eigenvalue weighted by Crippen LogP contribution is -2.61. The summed E-state index contributed by atoms with van der Waals surface area (Å²) in [5.41, 5.74) is 7.48. The van der Waals surface area contributed by atoms with Gasteiger partial charge in [0.1, 0.15) is 17.3 Å². The number of alkyl halides is 3. The summed E-state index contributed by atoms with van der Waals surface area (Å²) in [4.78, 5) is 63.6. The highest BCUT2D eigenvalue weighted by atomic mass is 19.4. The van der Waals surface area contributed by atoms with Crippen LogP contribution >= 0.6 is 0 Å². The lowest BCUT2D eigenvalue weighted by atomic mass is 9.90. The Bertz CT molecular complexity index is 1810. The number of rotatable bonds is 10. The fourth-order valence-corrected chi connectivity index (χ4v) is 7.82.